The minimum Gasteiger partial charge on any atom is -0.277 e. The molecule has 4 nitrogen and oxygen atoms in total. The number of nitrogens with one attached hydrogen (secondary N) is 1. The van der Waals surface area contributed by atoms with Crippen molar-refractivity contribution in [1.82, 2.24) is 5.43 Å². The minimum absolute atomic E-state index is 0.0302. The van der Waals surface area contributed by atoms with Crippen LogP contribution in [0.3, 0.4) is 0 Å². The number of rotatable bonds is 4. The van der Waals surface area contributed by atoms with Gasteiger partial charge in [0.1, 0.15) is 0 Å². The van der Waals surface area contributed by atoms with Crippen molar-refractivity contribution in [2.45, 2.75) is 33.1 Å². The Balaban J connectivity index is 2.32. The number of amides is 2. The molecule has 0 atom stereocenters. The van der Waals surface area contributed by atoms with Gasteiger partial charge in [0, 0.05) is 5.56 Å². The number of carbonyl (C=O) groups excluding carboxylic acids is 2. The van der Waals surface area contributed by atoms with E-state index in [4.69, 9.17) is 0 Å². The van der Waals surface area contributed by atoms with Crippen molar-refractivity contribution < 1.29 is 9.59 Å². The van der Waals surface area contributed by atoms with E-state index in [1.165, 1.54) is 5.01 Å². The largest absolute Gasteiger partial charge is 0.277 e. The summed E-state index contributed by atoms with van der Waals surface area (Å²) in [6.07, 6.45) is 0.504. The van der Waals surface area contributed by atoms with Crippen LogP contribution in [0.25, 0.3) is 0 Å². The summed E-state index contributed by atoms with van der Waals surface area (Å²) < 4.78 is 0. The molecule has 0 aliphatic heterocycles. The molecule has 0 radical (unpaired) electrons. The summed E-state index contributed by atoms with van der Waals surface area (Å²) in [6.45, 7) is 8.34. The Morgan fingerprint density at radius 2 is 1.57 bits per heavy atom. The van der Waals surface area contributed by atoms with Crippen LogP contribution >= 0.6 is 0 Å². The molecule has 0 spiro atoms. The Morgan fingerprint density at radius 3 is 2.04 bits per heavy atom. The number of nitrogens with zero attached hydrogens (tertiary/aromatic N) is 1. The topological polar surface area (TPSA) is 49.4 Å². The zero-order chi connectivity index (χ0) is 17.0. The molecule has 0 aliphatic carbocycles. The summed E-state index contributed by atoms with van der Waals surface area (Å²) in [7, 11) is 0. The Hall–Kier alpha value is -2.62. The van der Waals surface area contributed by atoms with Gasteiger partial charge in [-0.2, -0.15) is 0 Å². The average molecular weight is 310 g/mol. The molecule has 23 heavy (non-hydrogen) atoms. The van der Waals surface area contributed by atoms with Crippen LogP contribution in [-0.2, 0) is 10.2 Å². The van der Waals surface area contributed by atoms with Gasteiger partial charge in [0.05, 0.1) is 5.69 Å². The first kappa shape index (κ1) is 16.7. The van der Waals surface area contributed by atoms with Crippen LogP contribution in [0.1, 0.15) is 42.3 Å². The Kier molecular flexibility index (Phi) is 4.84. The highest BCUT2D eigenvalue weighted by atomic mass is 16.2. The summed E-state index contributed by atoms with van der Waals surface area (Å²) in [5.41, 5.74) is 5.88. The second-order valence-electron chi connectivity index (χ2n) is 6.55. The molecule has 0 heterocycles. The fourth-order valence-corrected chi connectivity index (χ4v) is 2.24. The maximum atomic E-state index is 12.6. The van der Waals surface area contributed by atoms with Crippen molar-refractivity contribution in [3.63, 3.8) is 0 Å². The van der Waals surface area contributed by atoms with Crippen LogP contribution in [0, 0.1) is 6.92 Å². The summed E-state index contributed by atoms with van der Waals surface area (Å²) in [5.74, 6) is -0.277. The average Bonchev–Trinajstić information content (AvgIpc) is 2.52. The summed E-state index contributed by atoms with van der Waals surface area (Å²) in [6, 6.07) is 14.9. The Morgan fingerprint density at radius 1 is 1.00 bits per heavy atom. The van der Waals surface area contributed by atoms with Gasteiger partial charge < -0.3 is 0 Å². The van der Waals surface area contributed by atoms with Crippen LogP contribution in [0.4, 0.5) is 5.69 Å². The third-order valence-corrected chi connectivity index (χ3v) is 3.67. The molecule has 2 rings (SSSR count). The number of anilines is 1. The number of benzene rings is 2. The molecule has 0 aliphatic rings. The number of hydrazine groups is 1. The van der Waals surface area contributed by atoms with E-state index in [1.807, 2.05) is 43.3 Å². The van der Waals surface area contributed by atoms with E-state index >= 15 is 0 Å². The van der Waals surface area contributed by atoms with Gasteiger partial charge in [0.15, 0.2) is 0 Å². The molecule has 0 saturated heterocycles. The first-order valence-corrected chi connectivity index (χ1v) is 7.54. The molecule has 4 heteroatoms. The van der Waals surface area contributed by atoms with Gasteiger partial charge >= 0.3 is 0 Å². The van der Waals surface area contributed by atoms with Crippen molar-refractivity contribution in [2.75, 3.05) is 5.01 Å². The van der Waals surface area contributed by atoms with Crippen LogP contribution < -0.4 is 10.4 Å². The van der Waals surface area contributed by atoms with Crippen molar-refractivity contribution in [3.05, 3.63) is 65.2 Å². The molecular weight excluding hydrogens is 288 g/mol. The van der Waals surface area contributed by atoms with Gasteiger partial charge in [-0.1, -0.05) is 50.6 Å². The highest BCUT2D eigenvalue weighted by Gasteiger charge is 2.19. The van der Waals surface area contributed by atoms with Crippen molar-refractivity contribution in [1.29, 1.82) is 0 Å². The molecule has 0 unspecified atom stereocenters. The van der Waals surface area contributed by atoms with Crippen LogP contribution in [0.5, 0.6) is 0 Å². The third-order valence-electron chi connectivity index (χ3n) is 3.67. The fourth-order valence-electron chi connectivity index (χ4n) is 2.24. The van der Waals surface area contributed by atoms with Crippen LogP contribution in [0.15, 0.2) is 48.5 Å². The quantitative estimate of drug-likeness (QED) is 0.693. The van der Waals surface area contributed by atoms with Crippen molar-refractivity contribution in [3.8, 4) is 0 Å². The molecule has 0 saturated carbocycles. The molecule has 0 fully saturated rings. The predicted molar refractivity (Wildman–Crippen MR) is 92.3 cm³/mol. The lowest BCUT2D eigenvalue weighted by Gasteiger charge is -2.23. The van der Waals surface area contributed by atoms with E-state index in [-0.39, 0.29) is 11.3 Å². The second kappa shape index (κ2) is 6.65. The van der Waals surface area contributed by atoms with Crippen molar-refractivity contribution in [2.24, 2.45) is 0 Å². The van der Waals surface area contributed by atoms with Gasteiger partial charge in [0.25, 0.3) is 5.91 Å². The molecule has 1 N–H and O–H groups in total. The van der Waals surface area contributed by atoms with E-state index in [0.717, 1.165) is 11.1 Å². The number of carbonyl (C=O) groups is 2. The number of hydrogen-bond donors (Lipinski definition) is 1. The van der Waals surface area contributed by atoms with Gasteiger partial charge in [-0.25, -0.2) is 5.01 Å². The summed E-state index contributed by atoms with van der Waals surface area (Å²) >= 11 is 0. The van der Waals surface area contributed by atoms with E-state index in [0.29, 0.717) is 17.7 Å². The number of hydrogen-bond acceptors (Lipinski definition) is 2. The maximum Gasteiger partial charge on any atom is 0.277 e. The molecule has 0 aromatic heterocycles. The number of aryl methyl sites for hydroxylation is 1. The van der Waals surface area contributed by atoms with Gasteiger partial charge in [0.2, 0.25) is 6.41 Å². The lowest BCUT2D eigenvalue weighted by Crippen LogP contribution is -2.42. The second-order valence-corrected chi connectivity index (χ2v) is 6.55. The lowest BCUT2D eigenvalue weighted by atomic mass is 9.87. The normalized spacial score (nSPS) is 11.0. The third kappa shape index (κ3) is 3.97. The first-order valence-electron chi connectivity index (χ1n) is 7.54. The zero-order valence-corrected chi connectivity index (χ0v) is 14.0. The van der Waals surface area contributed by atoms with E-state index < -0.39 is 0 Å². The highest BCUT2D eigenvalue weighted by Crippen LogP contribution is 2.25. The standard InChI is InChI=1S/C19H22N2O2/c1-14-5-7-15(8-6-14)18(23)21(20-13-22)17-11-9-16(10-12-17)19(2,3)4/h5-13H,1-4H3,(H,20,22). The van der Waals surface area contributed by atoms with Gasteiger partial charge in [-0.05, 0) is 42.2 Å². The van der Waals surface area contributed by atoms with E-state index in [9.17, 15) is 9.59 Å². The highest BCUT2D eigenvalue weighted by molar-refractivity contribution is 6.06. The van der Waals surface area contributed by atoms with Gasteiger partial charge in [-0.3, -0.25) is 15.0 Å². The smallest absolute Gasteiger partial charge is 0.277 e. The maximum absolute atomic E-state index is 12.6. The monoisotopic (exact) mass is 310 g/mol. The van der Waals surface area contributed by atoms with Crippen LogP contribution in [-0.4, -0.2) is 12.3 Å². The lowest BCUT2D eigenvalue weighted by molar-refractivity contribution is -0.109. The van der Waals surface area contributed by atoms with E-state index in [2.05, 4.69) is 26.2 Å². The van der Waals surface area contributed by atoms with Crippen LogP contribution in [0.2, 0.25) is 0 Å². The molecule has 2 amide bonds. The predicted octanol–water partition coefficient (Wildman–Crippen LogP) is 3.60. The van der Waals surface area contributed by atoms with E-state index in [1.54, 1.807) is 12.1 Å². The SMILES string of the molecule is Cc1ccc(C(=O)N(NC=O)c2ccc(C(C)(C)C)cc2)cc1. The summed E-state index contributed by atoms with van der Waals surface area (Å²) in [5, 5.41) is 1.25. The fraction of sp³-hybridized carbons (Fsp3) is 0.263. The zero-order valence-electron chi connectivity index (χ0n) is 14.0. The minimum atomic E-state index is -0.277. The molecular formula is C19H22N2O2. The molecule has 120 valence electrons. The molecule has 0 bridgehead atoms. The summed E-state index contributed by atoms with van der Waals surface area (Å²) in [4.78, 5) is 23.5. The Bertz CT molecular complexity index is 683. The molecule has 2 aromatic carbocycles. The van der Waals surface area contributed by atoms with Crippen molar-refractivity contribution >= 4 is 18.0 Å². The molecule has 2 aromatic rings. The van der Waals surface area contributed by atoms with Gasteiger partial charge in [-0.15, -0.1) is 0 Å². The first-order chi connectivity index (χ1) is 10.8. The Labute approximate surface area is 137 Å².